The normalized spacial score (nSPS) is 23.7. The largest absolute Gasteiger partial charge is 0.356 e. The average Bonchev–Trinajstić information content (AvgIpc) is 3.09. The Morgan fingerprint density at radius 2 is 1.88 bits per heavy atom. The Morgan fingerprint density at radius 1 is 1.12 bits per heavy atom. The van der Waals surface area contributed by atoms with E-state index in [4.69, 9.17) is 4.98 Å². The van der Waals surface area contributed by atoms with E-state index in [-0.39, 0.29) is 0 Å². The van der Waals surface area contributed by atoms with Gasteiger partial charge in [-0.2, -0.15) is 0 Å². The second-order valence-corrected chi connectivity index (χ2v) is 7.43. The number of nitrogens with one attached hydrogen (secondary N) is 1. The summed E-state index contributed by atoms with van der Waals surface area (Å²) in [4.78, 5) is 11.7. The van der Waals surface area contributed by atoms with Crippen molar-refractivity contribution in [3.8, 4) is 0 Å². The summed E-state index contributed by atoms with van der Waals surface area (Å²) in [7, 11) is 1.90. The average molecular weight is 336 g/mol. The van der Waals surface area contributed by atoms with Crippen LogP contribution < -0.4 is 5.32 Å². The van der Waals surface area contributed by atoms with Crippen LogP contribution in [0.15, 0.2) is 41.4 Å². The molecule has 1 aliphatic carbocycles. The van der Waals surface area contributed by atoms with E-state index in [0.717, 1.165) is 42.0 Å². The van der Waals surface area contributed by atoms with Gasteiger partial charge in [-0.1, -0.05) is 37.1 Å². The van der Waals surface area contributed by atoms with Crippen molar-refractivity contribution < 1.29 is 0 Å². The number of nitrogens with zero attached hydrogens (tertiary/aromatic N) is 3. The van der Waals surface area contributed by atoms with E-state index in [1.165, 1.54) is 44.2 Å². The monoisotopic (exact) mass is 336 g/mol. The molecule has 4 nitrogen and oxygen atoms in total. The van der Waals surface area contributed by atoms with Gasteiger partial charge in [0.05, 0.1) is 5.52 Å². The zero-order chi connectivity index (χ0) is 17.1. The van der Waals surface area contributed by atoms with Crippen molar-refractivity contribution in [1.29, 1.82) is 0 Å². The number of aromatic nitrogens is 1. The topological polar surface area (TPSA) is 40.5 Å². The zero-order valence-electron chi connectivity index (χ0n) is 15.1. The zero-order valence-corrected chi connectivity index (χ0v) is 15.1. The molecule has 1 N–H and O–H groups in total. The third-order valence-electron chi connectivity index (χ3n) is 5.81. The number of hydrogen-bond acceptors (Lipinski definition) is 2. The quantitative estimate of drug-likeness (QED) is 0.689. The predicted octanol–water partition coefficient (Wildman–Crippen LogP) is 3.47. The summed E-state index contributed by atoms with van der Waals surface area (Å²) in [5.41, 5.74) is 2.21. The van der Waals surface area contributed by atoms with Gasteiger partial charge in [-0.3, -0.25) is 9.98 Å². The second kappa shape index (κ2) is 7.42. The van der Waals surface area contributed by atoms with E-state index in [9.17, 15) is 0 Å². The molecule has 0 radical (unpaired) electrons. The molecule has 0 amide bonds. The Bertz CT molecular complexity index is 740. The molecule has 0 spiro atoms. The number of aliphatic imine (C=N–C) groups is 1. The number of rotatable bonds is 3. The van der Waals surface area contributed by atoms with Gasteiger partial charge in [0, 0.05) is 44.2 Å². The molecule has 2 heterocycles. The van der Waals surface area contributed by atoms with Gasteiger partial charge < -0.3 is 10.2 Å². The van der Waals surface area contributed by atoms with Crippen LogP contribution in [-0.4, -0.2) is 42.5 Å². The first kappa shape index (κ1) is 16.4. The van der Waals surface area contributed by atoms with E-state index in [1.807, 2.05) is 13.1 Å². The van der Waals surface area contributed by atoms with Crippen molar-refractivity contribution in [1.82, 2.24) is 15.2 Å². The molecule has 25 heavy (non-hydrogen) atoms. The molecule has 1 aromatic heterocycles. The summed E-state index contributed by atoms with van der Waals surface area (Å²) in [6.07, 6.45) is 6.55. The van der Waals surface area contributed by atoms with E-state index < -0.39 is 0 Å². The van der Waals surface area contributed by atoms with Gasteiger partial charge in [-0.15, -0.1) is 0 Å². The number of benzene rings is 1. The Labute approximate surface area is 150 Å². The molecule has 2 fully saturated rings. The second-order valence-electron chi connectivity index (χ2n) is 7.43. The molecule has 1 saturated heterocycles. The molecule has 1 saturated carbocycles. The highest BCUT2D eigenvalue weighted by Gasteiger charge is 2.35. The number of fused-ring (bicyclic) bond motifs is 2. The Kier molecular flexibility index (Phi) is 4.86. The maximum absolute atomic E-state index is 4.76. The van der Waals surface area contributed by atoms with Crippen LogP contribution in [0.4, 0.5) is 0 Å². The minimum Gasteiger partial charge on any atom is -0.356 e. The summed E-state index contributed by atoms with van der Waals surface area (Å²) >= 11 is 0. The summed E-state index contributed by atoms with van der Waals surface area (Å²) in [6.45, 7) is 3.24. The van der Waals surface area contributed by atoms with Gasteiger partial charge in [0.2, 0.25) is 0 Å². The molecule has 2 atom stereocenters. The highest BCUT2D eigenvalue weighted by Crippen LogP contribution is 2.35. The molecular weight excluding hydrogens is 308 g/mol. The highest BCUT2D eigenvalue weighted by molar-refractivity contribution is 5.80. The lowest BCUT2D eigenvalue weighted by atomic mass is 9.82. The molecule has 1 aliphatic heterocycles. The van der Waals surface area contributed by atoms with Gasteiger partial charge in [0.1, 0.15) is 0 Å². The summed E-state index contributed by atoms with van der Waals surface area (Å²) in [5.74, 6) is 2.83. The van der Waals surface area contributed by atoms with Crippen LogP contribution >= 0.6 is 0 Å². The molecule has 4 heteroatoms. The fourth-order valence-electron chi connectivity index (χ4n) is 4.46. The lowest BCUT2D eigenvalue weighted by Gasteiger charge is -2.22. The molecule has 2 aromatic rings. The molecule has 2 aliphatic rings. The third kappa shape index (κ3) is 3.63. The van der Waals surface area contributed by atoms with Gasteiger partial charge in [-0.05, 0) is 36.8 Å². The Balaban J connectivity index is 1.33. The predicted molar refractivity (Wildman–Crippen MR) is 104 cm³/mol. The van der Waals surface area contributed by atoms with E-state index in [2.05, 4.69) is 45.5 Å². The fraction of sp³-hybridized carbons (Fsp3) is 0.524. The maximum Gasteiger partial charge on any atom is 0.193 e. The maximum atomic E-state index is 4.76. The number of pyridine rings is 1. The molecule has 132 valence electrons. The van der Waals surface area contributed by atoms with Crippen molar-refractivity contribution in [2.45, 2.75) is 32.1 Å². The van der Waals surface area contributed by atoms with E-state index in [1.54, 1.807) is 0 Å². The fourth-order valence-corrected chi connectivity index (χ4v) is 4.46. The van der Waals surface area contributed by atoms with Crippen LogP contribution in [0.25, 0.3) is 10.9 Å². The smallest absolute Gasteiger partial charge is 0.193 e. The number of hydrogen-bond donors (Lipinski definition) is 1. The van der Waals surface area contributed by atoms with Crippen molar-refractivity contribution in [3.63, 3.8) is 0 Å². The number of para-hydroxylation sites is 1. The SMILES string of the molecule is CN=C(NCCc1ccc2ccccc2n1)N1CC2CCCCC2C1. The van der Waals surface area contributed by atoms with Crippen LogP contribution in [0.3, 0.4) is 0 Å². The first-order valence-corrected chi connectivity index (χ1v) is 9.64. The summed E-state index contributed by atoms with van der Waals surface area (Å²) in [5, 5.41) is 4.76. The lowest BCUT2D eigenvalue weighted by Crippen LogP contribution is -2.41. The van der Waals surface area contributed by atoms with Gasteiger partial charge >= 0.3 is 0 Å². The minimum atomic E-state index is 0.879. The van der Waals surface area contributed by atoms with E-state index >= 15 is 0 Å². The summed E-state index contributed by atoms with van der Waals surface area (Å²) < 4.78 is 0. The van der Waals surface area contributed by atoms with Crippen LogP contribution in [-0.2, 0) is 6.42 Å². The third-order valence-corrected chi connectivity index (χ3v) is 5.81. The number of likely N-dealkylation sites (tertiary alicyclic amines) is 1. The highest BCUT2D eigenvalue weighted by atomic mass is 15.3. The van der Waals surface area contributed by atoms with Gasteiger partial charge in [0.15, 0.2) is 5.96 Å². The van der Waals surface area contributed by atoms with Crippen molar-refractivity contribution >= 4 is 16.9 Å². The van der Waals surface area contributed by atoms with Gasteiger partial charge in [-0.25, -0.2) is 0 Å². The first-order chi connectivity index (χ1) is 12.3. The Hall–Kier alpha value is -2.10. The molecule has 4 rings (SSSR count). The van der Waals surface area contributed by atoms with Crippen LogP contribution in [0.2, 0.25) is 0 Å². The summed E-state index contributed by atoms with van der Waals surface area (Å²) in [6, 6.07) is 12.6. The molecule has 2 unspecified atom stereocenters. The molecular formula is C21H28N4. The van der Waals surface area contributed by atoms with Crippen LogP contribution in [0, 0.1) is 11.8 Å². The number of guanidine groups is 1. The van der Waals surface area contributed by atoms with Gasteiger partial charge in [0.25, 0.3) is 0 Å². The van der Waals surface area contributed by atoms with Crippen LogP contribution in [0.5, 0.6) is 0 Å². The van der Waals surface area contributed by atoms with Crippen molar-refractivity contribution in [2.75, 3.05) is 26.7 Å². The lowest BCUT2D eigenvalue weighted by molar-refractivity contribution is 0.299. The standard InChI is InChI=1S/C21H28N4/c1-22-21(25-14-17-7-2-3-8-18(17)15-25)23-13-12-19-11-10-16-6-4-5-9-20(16)24-19/h4-6,9-11,17-18H,2-3,7-8,12-15H2,1H3,(H,22,23). The van der Waals surface area contributed by atoms with Crippen molar-refractivity contribution in [2.24, 2.45) is 16.8 Å². The van der Waals surface area contributed by atoms with Crippen molar-refractivity contribution in [3.05, 3.63) is 42.1 Å². The molecule has 1 aromatic carbocycles. The first-order valence-electron chi connectivity index (χ1n) is 9.64. The Morgan fingerprint density at radius 3 is 2.64 bits per heavy atom. The van der Waals surface area contributed by atoms with E-state index in [0.29, 0.717) is 0 Å². The van der Waals surface area contributed by atoms with Crippen LogP contribution in [0.1, 0.15) is 31.4 Å². The molecule has 0 bridgehead atoms. The minimum absolute atomic E-state index is 0.879.